The standard InChI is InChI=1S/C28H36N2O4/c1-5-14-33-27(32)28(16-22(28)6-2)29-26(31)25-15-23(17-30(25)19(3)4)34-18-21-12-9-11-20-10-7-8-13-24(20)21/h5,7-13,19,22-23,25H,1,6,14-18H2,2-4H3,(H,29,31). The first-order valence-electron chi connectivity index (χ1n) is 12.3. The van der Waals surface area contributed by atoms with Gasteiger partial charge in [0.2, 0.25) is 5.91 Å². The number of benzene rings is 2. The Labute approximate surface area is 202 Å². The van der Waals surface area contributed by atoms with E-state index in [1.807, 2.05) is 19.1 Å². The minimum absolute atomic E-state index is 0.0537. The molecule has 1 saturated heterocycles. The fourth-order valence-corrected chi connectivity index (χ4v) is 5.24. The average Bonchev–Trinajstić information content (AvgIpc) is 3.38. The number of carbonyl (C=O) groups excluding carboxylic acids is 2. The van der Waals surface area contributed by atoms with Crippen LogP contribution < -0.4 is 5.32 Å². The second-order valence-corrected chi connectivity index (χ2v) is 9.77. The monoisotopic (exact) mass is 464 g/mol. The van der Waals surface area contributed by atoms with Crippen molar-refractivity contribution in [3.63, 3.8) is 0 Å². The summed E-state index contributed by atoms with van der Waals surface area (Å²) in [4.78, 5) is 28.3. The number of esters is 1. The first-order chi connectivity index (χ1) is 16.4. The summed E-state index contributed by atoms with van der Waals surface area (Å²) in [6.07, 6.45) is 3.54. The van der Waals surface area contributed by atoms with Crippen molar-refractivity contribution in [2.75, 3.05) is 13.2 Å². The Morgan fingerprint density at radius 3 is 2.71 bits per heavy atom. The van der Waals surface area contributed by atoms with Crippen LogP contribution in [-0.4, -0.2) is 53.7 Å². The van der Waals surface area contributed by atoms with Crippen molar-refractivity contribution in [3.8, 4) is 0 Å². The lowest BCUT2D eigenvalue weighted by Crippen LogP contribution is -2.53. The van der Waals surface area contributed by atoms with Gasteiger partial charge in [-0.05, 0) is 48.9 Å². The molecule has 2 aliphatic rings. The van der Waals surface area contributed by atoms with E-state index in [2.05, 4.69) is 61.0 Å². The third-order valence-corrected chi connectivity index (χ3v) is 7.26. The predicted molar refractivity (Wildman–Crippen MR) is 133 cm³/mol. The highest BCUT2D eigenvalue weighted by molar-refractivity contribution is 5.93. The number of rotatable bonds is 10. The van der Waals surface area contributed by atoms with Crippen LogP contribution in [0.5, 0.6) is 0 Å². The summed E-state index contributed by atoms with van der Waals surface area (Å²) in [6, 6.07) is 14.4. The lowest BCUT2D eigenvalue weighted by molar-refractivity contribution is -0.149. The normalized spacial score (nSPS) is 26.5. The Bertz CT molecular complexity index is 1050. The van der Waals surface area contributed by atoms with Crippen molar-refractivity contribution in [3.05, 3.63) is 60.7 Å². The Balaban J connectivity index is 1.43. The Kier molecular flexibility index (Phi) is 7.39. The zero-order valence-electron chi connectivity index (χ0n) is 20.5. The van der Waals surface area contributed by atoms with Gasteiger partial charge in [-0.3, -0.25) is 9.69 Å². The number of ether oxygens (including phenoxy) is 2. The van der Waals surface area contributed by atoms with Gasteiger partial charge in [0.05, 0.1) is 18.8 Å². The van der Waals surface area contributed by atoms with Gasteiger partial charge < -0.3 is 14.8 Å². The number of nitrogens with zero attached hydrogens (tertiary/aromatic N) is 1. The molecular formula is C28H36N2O4. The van der Waals surface area contributed by atoms with E-state index in [4.69, 9.17) is 9.47 Å². The summed E-state index contributed by atoms with van der Waals surface area (Å²) < 4.78 is 11.6. The second-order valence-electron chi connectivity index (χ2n) is 9.77. The van der Waals surface area contributed by atoms with Crippen molar-refractivity contribution >= 4 is 22.6 Å². The van der Waals surface area contributed by atoms with Crippen LogP contribution in [0.1, 0.15) is 45.6 Å². The van der Waals surface area contributed by atoms with E-state index >= 15 is 0 Å². The molecule has 1 aliphatic carbocycles. The predicted octanol–water partition coefficient (Wildman–Crippen LogP) is 4.22. The van der Waals surface area contributed by atoms with Gasteiger partial charge in [-0.25, -0.2) is 4.79 Å². The molecule has 4 rings (SSSR count). The highest BCUT2D eigenvalue weighted by Gasteiger charge is 2.62. The number of amides is 1. The van der Waals surface area contributed by atoms with Crippen molar-refractivity contribution in [1.82, 2.24) is 10.2 Å². The maximum atomic E-state index is 13.4. The van der Waals surface area contributed by atoms with Gasteiger partial charge >= 0.3 is 5.97 Å². The van der Waals surface area contributed by atoms with Gasteiger partial charge in [-0.1, -0.05) is 68.5 Å². The van der Waals surface area contributed by atoms with Crippen LogP contribution in [0.15, 0.2) is 55.1 Å². The number of nitrogens with one attached hydrogen (secondary N) is 1. The third-order valence-electron chi connectivity index (χ3n) is 7.26. The van der Waals surface area contributed by atoms with Crippen LogP contribution in [0.4, 0.5) is 0 Å². The lowest BCUT2D eigenvalue weighted by atomic mass is 10.1. The first kappa shape index (κ1) is 24.4. The molecule has 2 aromatic carbocycles. The molecule has 1 saturated carbocycles. The summed E-state index contributed by atoms with van der Waals surface area (Å²) in [5.41, 5.74) is 0.245. The van der Waals surface area contributed by atoms with Crippen LogP contribution >= 0.6 is 0 Å². The highest BCUT2D eigenvalue weighted by atomic mass is 16.5. The summed E-state index contributed by atoms with van der Waals surface area (Å²) >= 11 is 0. The SMILES string of the molecule is C=CCOC(=O)C1(NC(=O)C2CC(OCc3cccc4ccccc34)CN2C(C)C)CC1CC. The minimum atomic E-state index is -0.903. The van der Waals surface area contributed by atoms with Crippen molar-refractivity contribution in [1.29, 1.82) is 0 Å². The second kappa shape index (κ2) is 10.3. The number of carbonyl (C=O) groups is 2. The number of hydrogen-bond acceptors (Lipinski definition) is 5. The van der Waals surface area contributed by atoms with E-state index in [1.54, 1.807) is 6.08 Å². The third kappa shape index (κ3) is 4.89. The fraction of sp³-hybridized carbons (Fsp3) is 0.500. The number of likely N-dealkylation sites (tertiary alicyclic amines) is 1. The maximum Gasteiger partial charge on any atom is 0.332 e. The number of fused-ring (bicyclic) bond motifs is 1. The zero-order valence-corrected chi connectivity index (χ0v) is 20.5. The first-order valence-corrected chi connectivity index (χ1v) is 12.3. The van der Waals surface area contributed by atoms with E-state index in [1.165, 1.54) is 10.8 Å². The molecule has 2 aromatic rings. The van der Waals surface area contributed by atoms with Gasteiger partial charge in [0.1, 0.15) is 12.1 Å². The van der Waals surface area contributed by atoms with E-state index in [0.29, 0.717) is 26.0 Å². The molecule has 6 nitrogen and oxygen atoms in total. The van der Waals surface area contributed by atoms with E-state index in [9.17, 15) is 9.59 Å². The lowest BCUT2D eigenvalue weighted by Gasteiger charge is -2.28. The smallest absolute Gasteiger partial charge is 0.332 e. The van der Waals surface area contributed by atoms with Crippen LogP contribution in [0.25, 0.3) is 10.8 Å². The molecule has 34 heavy (non-hydrogen) atoms. The Hall–Kier alpha value is -2.70. The molecule has 0 bridgehead atoms. The van der Waals surface area contributed by atoms with Crippen LogP contribution in [0, 0.1) is 5.92 Å². The molecule has 2 fully saturated rings. The van der Waals surface area contributed by atoms with Crippen molar-refractivity contribution in [2.45, 2.75) is 70.4 Å². The highest BCUT2D eigenvalue weighted by Crippen LogP contribution is 2.47. The number of hydrogen-bond donors (Lipinski definition) is 1. The van der Waals surface area contributed by atoms with Gasteiger partial charge in [-0.15, -0.1) is 0 Å². The topological polar surface area (TPSA) is 67.9 Å². The summed E-state index contributed by atoms with van der Waals surface area (Å²) in [6.45, 7) is 11.2. The fourth-order valence-electron chi connectivity index (χ4n) is 5.24. The molecule has 6 heteroatoms. The summed E-state index contributed by atoms with van der Waals surface area (Å²) in [5, 5.41) is 5.46. The van der Waals surface area contributed by atoms with E-state index in [0.717, 1.165) is 12.0 Å². The van der Waals surface area contributed by atoms with Gasteiger partial charge in [0.25, 0.3) is 0 Å². The molecule has 1 heterocycles. The molecular weight excluding hydrogens is 428 g/mol. The Morgan fingerprint density at radius 2 is 2.00 bits per heavy atom. The van der Waals surface area contributed by atoms with Crippen molar-refractivity contribution in [2.24, 2.45) is 5.92 Å². The van der Waals surface area contributed by atoms with Crippen LogP contribution in [0.2, 0.25) is 0 Å². The molecule has 1 amide bonds. The molecule has 4 atom stereocenters. The van der Waals surface area contributed by atoms with E-state index < -0.39 is 5.54 Å². The van der Waals surface area contributed by atoms with Gasteiger partial charge in [0, 0.05) is 12.6 Å². The van der Waals surface area contributed by atoms with E-state index in [-0.39, 0.29) is 42.6 Å². The Morgan fingerprint density at radius 1 is 1.24 bits per heavy atom. The summed E-state index contributed by atoms with van der Waals surface area (Å²) in [5.74, 6) is -0.358. The molecule has 182 valence electrons. The summed E-state index contributed by atoms with van der Waals surface area (Å²) in [7, 11) is 0. The van der Waals surface area contributed by atoms with Crippen LogP contribution in [0.3, 0.4) is 0 Å². The molecule has 0 spiro atoms. The zero-order chi connectivity index (χ0) is 24.3. The quantitative estimate of drug-likeness (QED) is 0.421. The molecule has 1 aliphatic heterocycles. The maximum absolute atomic E-state index is 13.4. The van der Waals surface area contributed by atoms with Gasteiger partial charge in [-0.2, -0.15) is 0 Å². The van der Waals surface area contributed by atoms with Gasteiger partial charge in [0.15, 0.2) is 0 Å². The van der Waals surface area contributed by atoms with Crippen LogP contribution in [-0.2, 0) is 25.7 Å². The minimum Gasteiger partial charge on any atom is -0.460 e. The van der Waals surface area contributed by atoms with Crippen molar-refractivity contribution < 1.29 is 19.1 Å². The average molecular weight is 465 g/mol. The molecule has 1 N–H and O–H groups in total. The molecule has 4 unspecified atom stereocenters. The largest absolute Gasteiger partial charge is 0.460 e. The molecule has 0 aromatic heterocycles. The molecule has 0 radical (unpaired) electrons.